The number of hydrogen-bond acceptors (Lipinski definition) is 3. The Balaban J connectivity index is 2.06. The summed E-state index contributed by atoms with van der Waals surface area (Å²) in [5, 5.41) is 2.58. The topological polar surface area (TPSA) is 85.1 Å². The Labute approximate surface area is 122 Å². The van der Waals surface area contributed by atoms with Gasteiger partial charge in [-0.25, -0.2) is 0 Å². The van der Waals surface area contributed by atoms with E-state index in [9.17, 15) is 9.59 Å². The molecular formula is C16H15N3O2. The van der Waals surface area contributed by atoms with Crippen LogP contribution in [0.1, 0.15) is 17.2 Å². The number of amides is 2. The third kappa shape index (κ3) is 4.28. The molecule has 0 fully saturated rings. The van der Waals surface area contributed by atoms with Gasteiger partial charge in [-0.3, -0.25) is 14.6 Å². The van der Waals surface area contributed by atoms with Gasteiger partial charge in [-0.15, -0.1) is 0 Å². The van der Waals surface area contributed by atoms with Gasteiger partial charge in [-0.2, -0.15) is 0 Å². The van der Waals surface area contributed by atoms with Crippen molar-refractivity contribution < 1.29 is 9.59 Å². The minimum atomic E-state index is -0.850. The van der Waals surface area contributed by atoms with Gasteiger partial charge in [0, 0.05) is 18.5 Å². The highest BCUT2D eigenvalue weighted by molar-refractivity contribution is 5.95. The molecule has 0 aliphatic heterocycles. The van der Waals surface area contributed by atoms with E-state index in [2.05, 4.69) is 10.3 Å². The first kappa shape index (κ1) is 14.5. The Morgan fingerprint density at radius 1 is 1.14 bits per heavy atom. The maximum atomic E-state index is 11.9. The van der Waals surface area contributed by atoms with Crippen molar-refractivity contribution in [3.05, 3.63) is 72.1 Å². The third-order valence-corrected chi connectivity index (χ3v) is 2.82. The fourth-order valence-electron chi connectivity index (χ4n) is 1.80. The van der Waals surface area contributed by atoms with Gasteiger partial charge in [-0.1, -0.05) is 36.4 Å². The molecule has 1 atom stereocenters. The zero-order valence-electron chi connectivity index (χ0n) is 11.3. The number of pyridine rings is 1. The first-order valence-electron chi connectivity index (χ1n) is 6.39. The van der Waals surface area contributed by atoms with Crippen molar-refractivity contribution in [2.75, 3.05) is 0 Å². The summed E-state index contributed by atoms with van der Waals surface area (Å²) in [4.78, 5) is 27.3. The minimum absolute atomic E-state index is 0.397. The molecule has 0 aliphatic rings. The molecule has 5 nitrogen and oxygen atoms in total. The summed E-state index contributed by atoms with van der Waals surface area (Å²) in [5.41, 5.74) is 6.78. The van der Waals surface area contributed by atoms with E-state index < -0.39 is 17.9 Å². The second-order valence-electron chi connectivity index (χ2n) is 4.37. The van der Waals surface area contributed by atoms with Crippen molar-refractivity contribution >= 4 is 17.9 Å². The van der Waals surface area contributed by atoms with Crippen molar-refractivity contribution in [3.63, 3.8) is 0 Å². The van der Waals surface area contributed by atoms with E-state index in [1.165, 1.54) is 6.08 Å². The second-order valence-corrected chi connectivity index (χ2v) is 4.37. The summed E-state index contributed by atoms with van der Waals surface area (Å²) >= 11 is 0. The normalized spacial score (nSPS) is 12.0. The van der Waals surface area contributed by atoms with Gasteiger partial charge >= 0.3 is 0 Å². The first-order chi connectivity index (χ1) is 10.2. The van der Waals surface area contributed by atoms with Crippen molar-refractivity contribution in [1.82, 2.24) is 10.3 Å². The zero-order chi connectivity index (χ0) is 15.1. The average molecular weight is 281 g/mol. The molecule has 106 valence electrons. The fraction of sp³-hybridized carbons (Fsp3) is 0.0625. The molecule has 0 aliphatic carbocycles. The highest BCUT2D eigenvalue weighted by Crippen LogP contribution is 2.11. The number of aromatic nitrogens is 1. The van der Waals surface area contributed by atoms with E-state index >= 15 is 0 Å². The van der Waals surface area contributed by atoms with E-state index in [-0.39, 0.29) is 0 Å². The summed E-state index contributed by atoms with van der Waals surface area (Å²) in [6.07, 6.45) is 6.24. The van der Waals surface area contributed by atoms with Crippen LogP contribution in [0.25, 0.3) is 6.08 Å². The summed E-state index contributed by atoms with van der Waals surface area (Å²) in [6.45, 7) is 0. The smallest absolute Gasteiger partial charge is 0.244 e. The largest absolute Gasteiger partial charge is 0.368 e. The SMILES string of the molecule is NC(=O)C(NC(=O)/C=C/c1cccnc1)c1ccccc1. The second kappa shape index (κ2) is 7.00. The van der Waals surface area contributed by atoms with Crippen LogP contribution < -0.4 is 11.1 Å². The van der Waals surface area contributed by atoms with Gasteiger partial charge in [0.05, 0.1) is 0 Å². The number of primary amides is 1. The van der Waals surface area contributed by atoms with E-state index in [1.54, 1.807) is 48.8 Å². The number of nitrogens with one attached hydrogen (secondary N) is 1. The predicted molar refractivity (Wildman–Crippen MR) is 79.8 cm³/mol. The first-order valence-corrected chi connectivity index (χ1v) is 6.39. The maximum absolute atomic E-state index is 11.9. The summed E-state index contributed by atoms with van der Waals surface area (Å²) in [5.74, 6) is -1.00. The zero-order valence-corrected chi connectivity index (χ0v) is 11.3. The maximum Gasteiger partial charge on any atom is 0.244 e. The van der Waals surface area contributed by atoms with Crippen molar-refractivity contribution in [1.29, 1.82) is 0 Å². The number of benzene rings is 1. The summed E-state index contributed by atoms with van der Waals surface area (Å²) in [7, 11) is 0. The van der Waals surface area contributed by atoms with Gasteiger partial charge in [0.25, 0.3) is 0 Å². The molecule has 1 unspecified atom stereocenters. The van der Waals surface area contributed by atoms with Crippen LogP contribution in [0.4, 0.5) is 0 Å². The van der Waals surface area contributed by atoms with Crippen LogP contribution in [0, 0.1) is 0 Å². The van der Waals surface area contributed by atoms with Gasteiger partial charge < -0.3 is 11.1 Å². The molecule has 3 N–H and O–H groups in total. The molecule has 2 aromatic rings. The van der Waals surface area contributed by atoms with Crippen LogP contribution in [0.15, 0.2) is 60.9 Å². The van der Waals surface area contributed by atoms with Gasteiger partial charge in [0.15, 0.2) is 0 Å². The molecule has 0 saturated heterocycles. The lowest BCUT2D eigenvalue weighted by atomic mass is 10.1. The van der Waals surface area contributed by atoms with Crippen molar-refractivity contribution in [2.45, 2.75) is 6.04 Å². The molecule has 2 rings (SSSR count). The lowest BCUT2D eigenvalue weighted by molar-refractivity contribution is -0.125. The fourth-order valence-corrected chi connectivity index (χ4v) is 1.80. The highest BCUT2D eigenvalue weighted by atomic mass is 16.2. The number of nitrogens with two attached hydrogens (primary N) is 1. The number of rotatable bonds is 5. The van der Waals surface area contributed by atoms with E-state index in [4.69, 9.17) is 5.73 Å². The number of carbonyl (C=O) groups excluding carboxylic acids is 2. The molecule has 1 aromatic heterocycles. The van der Waals surface area contributed by atoms with E-state index in [0.29, 0.717) is 5.56 Å². The quantitative estimate of drug-likeness (QED) is 0.813. The molecule has 0 saturated carbocycles. The predicted octanol–water partition coefficient (Wildman–Crippen LogP) is 1.44. The van der Waals surface area contributed by atoms with Crippen LogP contribution in [0.3, 0.4) is 0 Å². The standard InChI is InChI=1S/C16H15N3O2/c17-16(21)15(13-6-2-1-3-7-13)19-14(20)9-8-12-5-4-10-18-11-12/h1-11,15H,(H2,17,21)(H,19,20)/b9-8+. The van der Waals surface area contributed by atoms with Crippen LogP contribution in [-0.4, -0.2) is 16.8 Å². The lowest BCUT2D eigenvalue weighted by Gasteiger charge is -2.14. The van der Waals surface area contributed by atoms with Gasteiger partial charge in [0.2, 0.25) is 11.8 Å². The van der Waals surface area contributed by atoms with E-state index in [0.717, 1.165) is 5.56 Å². The molecule has 1 heterocycles. The van der Waals surface area contributed by atoms with Crippen molar-refractivity contribution in [3.8, 4) is 0 Å². The number of carbonyl (C=O) groups is 2. The Hall–Kier alpha value is -2.95. The Bertz CT molecular complexity index is 639. The number of nitrogens with zero attached hydrogens (tertiary/aromatic N) is 1. The summed E-state index contributed by atoms with van der Waals surface area (Å²) < 4.78 is 0. The Kier molecular flexibility index (Phi) is 4.82. The highest BCUT2D eigenvalue weighted by Gasteiger charge is 2.18. The summed E-state index contributed by atoms with van der Waals surface area (Å²) in [6, 6.07) is 11.6. The van der Waals surface area contributed by atoms with Gasteiger partial charge in [-0.05, 0) is 23.3 Å². The van der Waals surface area contributed by atoms with Gasteiger partial charge in [0.1, 0.15) is 6.04 Å². The minimum Gasteiger partial charge on any atom is -0.368 e. The van der Waals surface area contributed by atoms with Crippen LogP contribution in [0.2, 0.25) is 0 Å². The monoisotopic (exact) mass is 281 g/mol. The van der Waals surface area contributed by atoms with Crippen LogP contribution >= 0.6 is 0 Å². The van der Waals surface area contributed by atoms with Crippen molar-refractivity contribution in [2.24, 2.45) is 5.73 Å². The third-order valence-electron chi connectivity index (χ3n) is 2.82. The molecule has 21 heavy (non-hydrogen) atoms. The molecule has 5 heteroatoms. The van der Waals surface area contributed by atoms with Crippen LogP contribution in [0.5, 0.6) is 0 Å². The molecule has 1 aromatic carbocycles. The van der Waals surface area contributed by atoms with Crippen LogP contribution in [-0.2, 0) is 9.59 Å². The van der Waals surface area contributed by atoms with E-state index in [1.807, 2.05) is 12.1 Å². The average Bonchev–Trinajstić information content (AvgIpc) is 2.52. The molecule has 0 radical (unpaired) electrons. The Morgan fingerprint density at radius 3 is 2.52 bits per heavy atom. The molecule has 2 amide bonds. The Morgan fingerprint density at radius 2 is 1.90 bits per heavy atom. The number of hydrogen-bond donors (Lipinski definition) is 2. The molecular weight excluding hydrogens is 266 g/mol. The molecule has 0 bridgehead atoms. The lowest BCUT2D eigenvalue weighted by Crippen LogP contribution is -2.36. The molecule has 0 spiro atoms.